The molecule has 0 bridgehead atoms. The summed E-state index contributed by atoms with van der Waals surface area (Å²) in [5.41, 5.74) is 1.90. The number of nitrogens with zero attached hydrogens (tertiary/aromatic N) is 5. The number of aromatic nitrogens is 4. The Balaban J connectivity index is 0.000000847. The first-order chi connectivity index (χ1) is 10.6. The predicted octanol–water partition coefficient (Wildman–Crippen LogP) is 3.58. The maximum atomic E-state index is 6.58. The van der Waals surface area contributed by atoms with Crippen LogP contribution in [0.15, 0.2) is 12.4 Å². The van der Waals surface area contributed by atoms with Crippen molar-refractivity contribution in [3.05, 3.63) is 23.1 Å². The molecular weight excluding hydrogens is 298 g/mol. The molecule has 0 atom stereocenters. The van der Waals surface area contributed by atoms with Crippen LogP contribution in [0.1, 0.15) is 39.8 Å². The van der Waals surface area contributed by atoms with Crippen molar-refractivity contribution < 1.29 is 0 Å². The number of fused-ring (bicyclic) bond motifs is 1. The molecule has 3 rings (SSSR count). The summed E-state index contributed by atoms with van der Waals surface area (Å²) in [5.74, 6) is 0.826. The Morgan fingerprint density at radius 1 is 1.23 bits per heavy atom. The Kier molecular flexibility index (Phi) is 5.64. The molecule has 2 aromatic heterocycles. The van der Waals surface area contributed by atoms with Crippen LogP contribution in [0.3, 0.4) is 0 Å². The molecule has 1 aliphatic heterocycles. The minimum Gasteiger partial charge on any atom is -0.333 e. The van der Waals surface area contributed by atoms with E-state index < -0.39 is 0 Å². The van der Waals surface area contributed by atoms with Crippen molar-refractivity contribution >= 4 is 11.6 Å². The second kappa shape index (κ2) is 7.29. The van der Waals surface area contributed by atoms with Gasteiger partial charge in [0.25, 0.3) is 0 Å². The van der Waals surface area contributed by atoms with Crippen molar-refractivity contribution in [3.8, 4) is 11.5 Å². The van der Waals surface area contributed by atoms with Crippen LogP contribution in [0, 0.1) is 0 Å². The van der Waals surface area contributed by atoms with Crippen LogP contribution in [-0.4, -0.2) is 36.8 Å². The molecule has 0 saturated carbocycles. The third-order valence-corrected chi connectivity index (χ3v) is 4.32. The molecule has 0 saturated heterocycles. The van der Waals surface area contributed by atoms with Crippen LogP contribution < -0.4 is 0 Å². The van der Waals surface area contributed by atoms with Crippen LogP contribution in [-0.2, 0) is 20.1 Å². The molecule has 0 aromatic carbocycles. The van der Waals surface area contributed by atoms with E-state index in [-0.39, 0.29) is 0 Å². The van der Waals surface area contributed by atoms with Crippen LogP contribution in [0.25, 0.3) is 11.5 Å². The van der Waals surface area contributed by atoms with Crippen molar-refractivity contribution in [1.82, 2.24) is 24.2 Å². The summed E-state index contributed by atoms with van der Waals surface area (Å²) < 4.78 is 4.00. The molecule has 5 nitrogen and oxygen atoms in total. The molecule has 122 valence electrons. The number of aryl methyl sites for hydroxylation is 2. The summed E-state index contributed by atoms with van der Waals surface area (Å²) in [4.78, 5) is 6.80. The predicted molar refractivity (Wildman–Crippen MR) is 91.0 cm³/mol. The lowest BCUT2D eigenvalue weighted by molar-refractivity contribution is 0.216. The second-order valence-electron chi connectivity index (χ2n) is 5.61. The Morgan fingerprint density at radius 2 is 1.95 bits per heavy atom. The Bertz CT molecular complexity index is 614. The third-order valence-electron chi connectivity index (χ3n) is 3.92. The normalized spacial score (nSPS) is 15.2. The van der Waals surface area contributed by atoms with Crippen LogP contribution in [0.5, 0.6) is 0 Å². The van der Waals surface area contributed by atoms with Crippen LogP contribution in [0.2, 0.25) is 5.02 Å². The molecule has 2 aromatic rings. The van der Waals surface area contributed by atoms with Crippen molar-refractivity contribution in [2.45, 2.75) is 53.2 Å². The molecule has 0 N–H and O–H groups in total. The van der Waals surface area contributed by atoms with E-state index in [1.54, 1.807) is 6.20 Å². The first-order valence-corrected chi connectivity index (χ1v) is 8.42. The van der Waals surface area contributed by atoms with E-state index in [0.717, 1.165) is 48.3 Å². The van der Waals surface area contributed by atoms with Crippen LogP contribution in [0.4, 0.5) is 0 Å². The van der Waals surface area contributed by atoms with E-state index in [4.69, 9.17) is 11.6 Å². The smallest absolute Gasteiger partial charge is 0.161 e. The Morgan fingerprint density at radius 3 is 2.55 bits per heavy atom. The Labute approximate surface area is 137 Å². The van der Waals surface area contributed by atoms with Crippen LogP contribution >= 0.6 is 11.6 Å². The lowest BCUT2D eigenvalue weighted by atomic mass is 10.2. The minimum absolute atomic E-state index is 0.518. The average Bonchev–Trinajstić information content (AvgIpc) is 2.97. The lowest BCUT2D eigenvalue weighted by Gasteiger charge is -2.23. The maximum Gasteiger partial charge on any atom is 0.161 e. The average molecular weight is 324 g/mol. The van der Waals surface area contributed by atoms with Gasteiger partial charge >= 0.3 is 0 Å². The highest BCUT2D eigenvalue weighted by Crippen LogP contribution is 2.31. The van der Waals surface area contributed by atoms with Gasteiger partial charge in [0.05, 0.1) is 10.7 Å². The molecular formula is C16H26ClN5. The summed E-state index contributed by atoms with van der Waals surface area (Å²) in [6.45, 7) is 11.3. The molecule has 0 radical (unpaired) electrons. The second-order valence-corrected chi connectivity index (χ2v) is 5.99. The molecule has 22 heavy (non-hydrogen) atoms. The first kappa shape index (κ1) is 17.0. The van der Waals surface area contributed by atoms with Gasteiger partial charge in [-0.05, 0) is 20.3 Å². The van der Waals surface area contributed by atoms with E-state index in [1.807, 2.05) is 31.7 Å². The van der Waals surface area contributed by atoms with Gasteiger partial charge in [0.15, 0.2) is 5.82 Å². The van der Waals surface area contributed by atoms with Gasteiger partial charge in [-0.2, -0.15) is 5.10 Å². The van der Waals surface area contributed by atoms with E-state index in [0.29, 0.717) is 6.04 Å². The first-order valence-electron chi connectivity index (χ1n) is 8.05. The molecule has 3 heterocycles. The number of hydrogen-bond acceptors (Lipinski definition) is 3. The van der Waals surface area contributed by atoms with E-state index in [1.165, 1.54) is 0 Å². The van der Waals surface area contributed by atoms with Gasteiger partial charge in [-0.1, -0.05) is 25.4 Å². The fraction of sp³-hybridized carbons (Fsp3) is 0.625. The molecule has 1 aliphatic rings. The largest absolute Gasteiger partial charge is 0.333 e. The summed E-state index contributed by atoms with van der Waals surface area (Å²) in [6, 6.07) is 0.518. The fourth-order valence-corrected chi connectivity index (χ4v) is 2.96. The van der Waals surface area contributed by atoms with E-state index >= 15 is 0 Å². The maximum absolute atomic E-state index is 6.58. The molecule has 0 aliphatic carbocycles. The summed E-state index contributed by atoms with van der Waals surface area (Å²) in [7, 11) is 1.96. The van der Waals surface area contributed by atoms with E-state index in [2.05, 4.69) is 33.5 Å². The SMILES string of the molecule is CC.CC(C)N1CCCn2nc(-c3nccn3C)c(Cl)c2C1. The summed E-state index contributed by atoms with van der Waals surface area (Å²) in [6.07, 6.45) is 4.79. The summed E-state index contributed by atoms with van der Waals surface area (Å²) in [5, 5.41) is 5.42. The van der Waals surface area contributed by atoms with Gasteiger partial charge in [0.2, 0.25) is 0 Å². The zero-order valence-electron chi connectivity index (χ0n) is 14.2. The minimum atomic E-state index is 0.518. The van der Waals surface area contributed by atoms with E-state index in [9.17, 15) is 0 Å². The zero-order valence-corrected chi connectivity index (χ0v) is 14.9. The third kappa shape index (κ3) is 3.20. The number of imidazole rings is 1. The van der Waals surface area contributed by atoms with Crippen molar-refractivity contribution in [2.75, 3.05) is 6.54 Å². The van der Waals surface area contributed by atoms with Gasteiger partial charge < -0.3 is 4.57 Å². The fourth-order valence-electron chi connectivity index (χ4n) is 2.68. The molecule has 6 heteroatoms. The quantitative estimate of drug-likeness (QED) is 0.848. The zero-order chi connectivity index (χ0) is 16.3. The highest BCUT2D eigenvalue weighted by molar-refractivity contribution is 6.33. The van der Waals surface area contributed by atoms with Gasteiger partial charge in [0.1, 0.15) is 5.69 Å². The van der Waals surface area contributed by atoms with Crippen molar-refractivity contribution in [1.29, 1.82) is 0 Å². The lowest BCUT2D eigenvalue weighted by Crippen LogP contribution is -2.30. The Hall–Kier alpha value is -1.33. The standard InChI is InChI=1S/C14H20ClN5.C2H6/c1-10(2)19-6-4-7-20-11(9-19)12(15)13(17-20)14-16-5-8-18(14)3;1-2/h5,8,10H,4,6-7,9H2,1-3H3;1-2H3. The van der Waals surface area contributed by atoms with Gasteiger partial charge in [-0.25, -0.2) is 4.98 Å². The molecule has 0 amide bonds. The monoisotopic (exact) mass is 323 g/mol. The van der Waals surface area contributed by atoms with Gasteiger partial charge in [0, 0.05) is 45.1 Å². The van der Waals surface area contributed by atoms with Gasteiger partial charge in [-0.15, -0.1) is 0 Å². The molecule has 0 fully saturated rings. The van der Waals surface area contributed by atoms with Crippen molar-refractivity contribution in [3.63, 3.8) is 0 Å². The number of halogens is 1. The molecule has 0 spiro atoms. The topological polar surface area (TPSA) is 38.9 Å². The number of hydrogen-bond donors (Lipinski definition) is 0. The highest BCUT2D eigenvalue weighted by atomic mass is 35.5. The molecule has 0 unspecified atom stereocenters. The van der Waals surface area contributed by atoms with Gasteiger partial charge in [-0.3, -0.25) is 9.58 Å². The summed E-state index contributed by atoms with van der Waals surface area (Å²) >= 11 is 6.58. The van der Waals surface area contributed by atoms with Crippen molar-refractivity contribution in [2.24, 2.45) is 7.05 Å². The highest BCUT2D eigenvalue weighted by Gasteiger charge is 2.24. The number of rotatable bonds is 2.